The summed E-state index contributed by atoms with van der Waals surface area (Å²) < 4.78 is 37.5. The fraction of sp³-hybridized carbons (Fsp3) is 0.400. The van der Waals surface area contributed by atoms with Crippen molar-refractivity contribution in [3.63, 3.8) is 0 Å². The molecule has 1 nitrogen and oxygen atoms in total. The van der Waals surface area contributed by atoms with Gasteiger partial charge in [0.25, 0.3) is 0 Å². The van der Waals surface area contributed by atoms with Gasteiger partial charge in [-0.3, -0.25) is 0 Å². The normalized spacial score (nSPS) is 21.2. The van der Waals surface area contributed by atoms with Gasteiger partial charge in [0.05, 0.1) is 10.6 Å². The monoisotopic (exact) mass is 235 g/mol. The van der Waals surface area contributed by atoms with Gasteiger partial charge in [0.1, 0.15) is 0 Å². The lowest BCUT2D eigenvalue weighted by molar-refractivity contribution is -0.137. The summed E-state index contributed by atoms with van der Waals surface area (Å²) in [6.45, 7) is 0.856. The van der Waals surface area contributed by atoms with Crippen LogP contribution < -0.4 is 5.32 Å². The minimum Gasteiger partial charge on any atom is -0.310 e. The van der Waals surface area contributed by atoms with E-state index in [1.54, 1.807) is 6.07 Å². The van der Waals surface area contributed by atoms with Gasteiger partial charge < -0.3 is 5.32 Å². The Morgan fingerprint density at radius 2 is 2.00 bits per heavy atom. The highest BCUT2D eigenvalue weighted by Gasteiger charge is 2.34. The van der Waals surface area contributed by atoms with Gasteiger partial charge in [0.2, 0.25) is 0 Å². The number of nitrogens with one attached hydrogen (secondary N) is 1. The molecule has 0 bridgehead atoms. The van der Waals surface area contributed by atoms with Crippen LogP contribution in [0.3, 0.4) is 0 Å². The second-order valence-corrected chi connectivity index (χ2v) is 3.94. The van der Waals surface area contributed by atoms with Gasteiger partial charge >= 0.3 is 6.18 Å². The van der Waals surface area contributed by atoms with Crippen LogP contribution in [0.25, 0.3) is 0 Å². The van der Waals surface area contributed by atoms with Crippen LogP contribution in [0.1, 0.15) is 23.6 Å². The van der Waals surface area contributed by atoms with E-state index < -0.39 is 11.7 Å². The van der Waals surface area contributed by atoms with Crippen molar-refractivity contribution in [3.8, 4) is 0 Å². The second kappa shape index (κ2) is 3.68. The first-order valence-electron chi connectivity index (χ1n) is 4.58. The SMILES string of the molecule is FC(F)(F)c1cc(C2CCN2)ccc1Cl. The van der Waals surface area contributed by atoms with E-state index in [1.807, 2.05) is 0 Å². The molecule has 1 aromatic carbocycles. The molecule has 1 aliphatic rings. The van der Waals surface area contributed by atoms with Gasteiger partial charge in [0.15, 0.2) is 0 Å². The van der Waals surface area contributed by atoms with Crippen molar-refractivity contribution in [1.29, 1.82) is 0 Å². The Labute approximate surface area is 90.2 Å². The number of halogens is 4. The summed E-state index contributed by atoms with van der Waals surface area (Å²) in [4.78, 5) is 0. The van der Waals surface area contributed by atoms with Crippen LogP contribution in [0.15, 0.2) is 18.2 Å². The van der Waals surface area contributed by atoms with Crippen LogP contribution in [-0.4, -0.2) is 6.54 Å². The molecule has 0 amide bonds. The molecule has 1 heterocycles. The van der Waals surface area contributed by atoms with Gasteiger partial charge in [-0.2, -0.15) is 13.2 Å². The molecule has 1 aromatic rings. The van der Waals surface area contributed by atoms with Crippen molar-refractivity contribution in [3.05, 3.63) is 34.3 Å². The minimum absolute atomic E-state index is 0.0448. The fourth-order valence-corrected chi connectivity index (χ4v) is 1.77. The highest BCUT2D eigenvalue weighted by Crippen LogP contribution is 2.37. The molecule has 0 aliphatic carbocycles. The minimum atomic E-state index is -4.38. The lowest BCUT2D eigenvalue weighted by Crippen LogP contribution is -2.35. The molecule has 1 unspecified atom stereocenters. The van der Waals surface area contributed by atoms with Crippen molar-refractivity contribution in [2.75, 3.05) is 6.54 Å². The van der Waals surface area contributed by atoms with E-state index in [1.165, 1.54) is 6.07 Å². The average Bonchev–Trinajstić information content (AvgIpc) is 2.03. The summed E-state index contributed by atoms with van der Waals surface area (Å²) in [5.41, 5.74) is -0.103. The Morgan fingerprint density at radius 1 is 1.33 bits per heavy atom. The molecule has 0 saturated carbocycles. The highest BCUT2D eigenvalue weighted by molar-refractivity contribution is 6.31. The molecule has 1 fully saturated rings. The van der Waals surface area contributed by atoms with Crippen molar-refractivity contribution in [1.82, 2.24) is 5.32 Å². The standard InChI is InChI=1S/C10H9ClF3N/c11-8-2-1-6(9-3-4-15-9)5-7(8)10(12,13)14/h1-2,5,9,15H,3-4H2. The maximum atomic E-state index is 12.5. The van der Waals surface area contributed by atoms with E-state index >= 15 is 0 Å². The lowest BCUT2D eigenvalue weighted by atomic mass is 9.96. The third-order valence-electron chi connectivity index (χ3n) is 2.52. The highest BCUT2D eigenvalue weighted by atomic mass is 35.5. The molecular weight excluding hydrogens is 227 g/mol. The van der Waals surface area contributed by atoms with Crippen LogP contribution in [-0.2, 0) is 6.18 Å². The summed E-state index contributed by atoms with van der Waals surface area (Å²) in [5, 5.41) is 2.80. The molecular formula is C10H9ClF3N. The maximum Gasteiger partial charge on any atom is 0.417 e. The van der Waals surface area contributed by atoms with Crippen LogP contribution in [0, 0.1) is 0 Å². The third-order valence-corrected chi connectivity index (χ3v) is 2.85. The van der Waals surface area contributed by atoms with E-state index in [2.05, 4.69) is 5.32 Å². The van der Waals surface area contributed by atoms with Crippen molar-refractivity contribution in [2.45, 2.75) is 18.6 Å². The van der Waals surface area contributed by atoms with Crippen molar-refractivity contribution in [2.24, 2.45) is 0 Å². The van der Waals surface area contributed by atoms with Gasteiger partial charge in [-0.25, -0.2) is 0 Å². The van der Waals surface area contributed by atoms with E-state index in [4.69, 9.17) is 11.6 Å². The molecule has 2 rings (SSSR count). The summed E-state index contributed by atoms with van der Waals surface area (Å²) in [5.74, 6) is 0. The first kappa shape index (κ1) is 10.8. The molecule has 0 radical (unpaired) electrons. The maximum absolute atomic E-state index is 12.5. The Morgan fingerprint density at radius 3 is 2.47 bits per heavy atom. The van der Waals surface area contributed by atoms with E-state index in [0.717, 1.165) is 19.0 Å². The number of benzene rings is 1. The van der Waals surface area contributed by atoms with Gasteiger partial charge in [0, 0.05) is 6.04 Å². The zero-order valence-corrected chi connectivity index (χ0v) is 8.49. The number of hydrogen-bond acceptors (Lipinski definition) is 1. The summed E-state index contributed by atoms with van der Waals surface area (Å²) in [6.07, 6.45) is -3.50. The fourth-order valence-electron chi connectivity index (χ4n) is 1.55. The molecule has 1 aliphatic heterocycles. The average molecular weight is 236 g/mol. The topological polar surface area (TPSA) is 12.0 Å². The largest absolute Gasteiger partial charge is 0.417 e. The molecule has 5 heteroatoms. The zero-order valence-electron chi connectivity index (χ0n) is 7.74. The Kier molecular flexibility index (Phi) is 2.64. The van der Waals surface area contributed by atoms with Gasteiger partial charge in [-0.05, 0) is 30.7 Å². The van der Waals surface area contributed by atoms with E-state index in [0.29, 0.717) is 5.56 Å². The Balaban J connectivity index is 2.36. The van der Waals surface area contributed by atoms with Crippen molar-refractivity contribution >= 4 is 11.6 Å². The predicted octanol–water partition coefficient (Wildman–Crippen LogP) is 3.39. The molecule has 1 N–H and O–H groups in total. The van der Waals surface area contributed by atoms with E-state index in [9.17, 15) is 13.2 Å². The predicted molar refractivity (Wildman–Crippen MR) is 51.8 cm³/mol. The molecule has 82 valence electrons. The second-order valence-electron chi connectivity index (χ2n) is 3.53. The van der Waals surface area contributed by atoms with Gasteiger partial charge in [-0.1, -0.05) is 17.7 Å². The Bertz CT molecular complexity index is 371. The van der Waals surface area contributed by atoms with Crippen LogP contribution in [0.2, 0.25) is 5.02 Å². The number of alkyl halides is 3. The summed E-state index contributed by atoms with van der Waals surface area (Å²) in [7, 11) is 0. The smallest absolute Gasteiger partial charge is 0.310 e. The molecule has 15 heavy (non-hydrogen) atoms. The molecule has 1 atom stereocenters. The van der Waals surface area contributed by atoms with Crippen LogP contribution >= 0.6 is 11.6 Å². The number of hydrogen-bond donors (Lipinski definition) is 1. The lowest BCUT2D eigenvalue weighted by Gasteiger charge is -2.28. The first-order valence-corrected chi connectivity index (χ1v) is 4.96. The third kappa shape index (κ3) is 2.11. The summed E-state index contributed by atoms with van der Waals surface area (Å²) >= 11 is 5.51. The van der Waals surface area contributed by atoms with Crippen molar-refractivity contribution < 1.29 is 13.2 Å². The van der Waals surface area contributed by atoms with E-state index in [-0.39, 0.29) is 11.1 Å². The zero-order chi connectivity index (χ0) is 11.1. The number of rotatable bonds is 1. The van der Waals surface area contributed by atoms with Gasteiger partial charge in [-0.15, -0.1) is 0 Å². The molecule has 0 spiro atoms. The molecule has 1 saturated heterocycles. The quantitative estimate of drug-likeness (QED) is 0.787. The first-order chi connectivity index (χ1) is 6.98. The van der Waals surface area contributed by atoms with Crippen LogP contribution in [0.4, 0.5) is 13.2 Å². The Hall–Kier alpha value is -0.740. The summed E-state index contributed by atoms with van der Waals surface area (Å²) in [6, 6.07) is 4.11. The molecule has 0 aromatic heterocycles. The van der Waals surface area contributed by atoms with Crippen LogP contribution in [0.5, 0.6) is 0 Å².